The van der Waals surface area contributed by atoms with Crippen LogP contribution in [0.3, 0.4) is 0 Å². The number of nitrogens with zero attached hydrogens (tertiary/aromatic N) is 1. The minimum Gasteiger partial charge on any atom is -0.334 e. The fourth-order valence-electron chi connectivity index (χ4n) is 2.43. The predicted octanol–water partition coefficient (Wildman–Crippen LogP) is 2.38. The molecule has 1 heterocycles. The lowest BCUT2D eigenvalue weighted by Crippen LogP contribution is -2.48. The first-order chi connectivity index (χ1) is 9.28. The maximum Gasteiger partial charge on any atom is 0.256 e. The monoisotopic (exact) mass is 282 g/mol. The van der Waals surface area contributed by atoms with E-state index in [1.807, 2.05) is 20.8 Å². The number of benzene rings is 1. The van der Waals surface area contributed by atoms with Crippen molar-refractivity contribution >= 4 is 5.91 Å². The maximum absolute atomic E-state index is 14.0. The molecule has 1 aromatic rings. The van der Waals surface area contributed by atoms with Gasteiger partial charge in [0.1, 0.15) is 12.0 Å². The molecule has 0 aromatic heterocycles. The van der Waals surface area contributed by atoms with Crippen molar-refractivity contribution in [3.8, 4) is 0 Å². The Balaban J connectivity index is 2.09. The van der Waals surface area contributed by atoms with Crippen LogP contribution in [0, 0.1) is 5.82 Å². The molecule has 1 fully saturated rings. The molecule has 1 aliphatic heterocycles. The highest BCUT2D eigenvalue weighted by atomic mass is 19.1. The molecule has 1 aromatic carbocycles. The summed E-state index contributed by atoms with van der Waals surface area (Å²) in [6.45, 7) is 6.09. The van der Waals surface area contributed by atoms with Crippen LogP contribution in [-0.4, -0.2) is 41.6 Å². The Labute approximate surface area is 118 Å². The number of amides is 1. The highest BCUT2D eigenvalue weighted by molar-refractivity contribution is 5.94. The first kappa shape index (κ1) is 14.9. The van der Waals surface area contributed by atoms with E-state index in [2.05, 4.69) is 5.32 Å². The second-order valence-electron chi connectivity index (χ2n) is 6.21. The van der Waals surface area contributed by atoms with Crippen molar-refractivity contribution in [1.82, 2.24) is 10.2 Å². The van der Waals surface area contributed by atoms with Crippen molar-refractivity contribution in [1.29, 1.82) is 0 Å². The van der Waals surface area contributed by atoms with E-state index in [9.17, 15) is 13.6 Å². The summed E-state index contributed by atoms with van der Waals surface area (Å²) in [6.07, 6.45) is -1.13. The van der Waals surface area contributed by atoms with E-state index in [1.165, 1.54) is 23.1 Å². The van der Waals surface area contributed by atoms with Crippen LogP contribution in [0.5, 0.6) is 0 Å². The van der Waals surface area contributed by atoms with Crippen LogP contribution < -0.4 is 5.32 Å². The molecule has 1 amide bonds. The van der Waals surface area contributed by atoms with Crippen molar-refractivity contribution in [2.75, 3.05) is 13.1 Å². The second kappa shape index (κ2) is 5.48. The van der Waals surface area contributed by atoms with Crippen molar-refractivity contribution in [2.45, 2.75) is 38.5 Å². The molecule has 0 spiro atoms. The summed E-state index contributed by atoms with van der Waals surface area (Å²) >= 11 is 0. The molecule has 0 radical (unpaired) electrons. The van der Waals surface area contributed by atoms with Gasteiger partial charge in [-0.05, 0) is 32.9 Å². The predicted molar refractivity (Wildman–Crippen MR) is 73.9 cm³/mol. The van der Waals surface area contributed by atoms with E-state index >= 15 is 0 Å². The lowest BCUT2D eigenvalue weighted by atomic mass is 10.1. The van der Waals surface area contributed by atoms with E-state index in [0.717, 1.165) is 0 Å². The fourth-order valence-corrected chi connectivity index (χ4v) is 2.43. The minimum absolute atomic E-state index is 0.000907. The lowest BCUT2D eigenvalue weighted by molar-refractivity contribution is 0.0776. The van der Waals surface area contributed by atoms with E-state index in [0.29, 0.717) is 0 Å². The van der Waals surface area contributed by atoms with Gasteiger partial charge in [0.05, 0.1) is 18.2 Å². The Bertz CT molecular complexity index is 499. The lowest BCUT2D eigenvalue weighted by Gasteiger charge is -2.26. The molecule has 20 heavy (non-hydrogen) atoms. The SMILES string of the molecule is CC(C)(C)N[C@@H]1CN(C(=O)c2ccccc2F)C[C@@H]1F. The van der Waals surface area contributed by atoms with Gasteiger partial charge < -0.3 is 10.2 Å². The average molecular weight is 282 g/mol. The number of rotatable bonds is 2. The van der Waals surface area contributed by atoms with E-state index in [4.69, 9.17) is 0 Å². The molecular formula is C15H20F2N2O. The Morgan fingerprint density at radius 2 is 1.95 bits per heavy atom. The van der Waals surface area contributed by atoms with Crippen LogP contribution in [0.2, 0.25) is 0 Å². The van der Waals surface area contributed by atoms with Gasteiger partial charge in [0.25, 0.3) is 5.91 Å². The van der Waals surface area contributed by atoms with Gasteiger partial charge in [0, 0.05) is 12.1 Å². The third-order valence-electron chi connectivity index (χ3n) is 3.26. The minimum atomic E-state index is -1.13. The highest BCUT2D eigenvalue weighted by Gasteiger charge is 2.37. The zero-order valence-corrected chi connectivity index (χ0v) is 12.0. The summed E-state index contributed by atoms with van der Waals surface area (Å²) in [4.78, 5) is 13.6. The van der Waals surface area contributed by atoms with Gasteiger partial charge in [-0.1, -0.05) is 12.1 Å². The number of carbonyl (C=O) groups is 1. The van der Waals surface area contributed by atoms with Crippen molar-refractivity contribution in [2.24, 2.45) is 0 Å². The number of alkyl halides is 1. The highest BCUT2D eigenvalue weighted by Crippen LogP contribution is 2.20. The van der Waals surface area contributed by atoms with Gasteiger partial charge in [-0.15, -0.1) is 0 Å². The molecule has 110 valence electrons. The van der Waals surface area contributed by atoms with E-state index in [-0.39, 0.29) is 24.2 Å². The Morgan fingerprint density at radius 1 is 1.30 bits per heavy atom. The first-order valence-corrected chi connectivity index (χ1v) is 6.73. The second-order valence-corrected chi connectivity index (χ2v) is 6.21. The van der Waals surface area contributed by atoms with Gasteiger partial charge in [-0.2, -0.15) is 0 Å². The van der Waals surface area contributed by atoms with Gasteiger partial charge in [-0.25, -0.2) is 8.78 Å². The van der Waals surface area contributed by atoms with Crippen LogP contribution in [0.15, 0.2) is 24.3 Å². The average Bonchev–Trinajstić information content (AvgIpc) is 2.68. The summed E-state index contributed by atoms with van der Waals surface area (Å²) in [5.41, 5.74) is -0.234. The van der Waals surface area contributed by atoms with Crippen molar-refractivity contribution in [3.05, 3.63) is 35.6 Å². The molecule has 0 bridgehead atoms. The van der Waals surface area contributed by atoms with Gasteiger partial charge >= 0.3 is 0 Å². The molecule has 1 aliphatic rings. The zero-order chi connectivity index (χ0) is 14.9. The molecule has 0 saturated carbocycles. The van der Waals surface area contributed by atoms with Crippen molar-refractivity contribution in [3.63, 3.8) is 0 Å². The molecule has 0 unspecified atom stereocenters. The fraction of sp³-hybridized carbons (Fsp3) is 0.533. The maximum atomic E-state index is 14.0. The summed E-state index contributed by atoms with van der Waals surface area (Å²) in [6, 6.07) is 5.38. The summed E-state index contributed by atoms with van der Waals surface area (Å²) < 4.78 is 27.6. The summed E-state index contributed by atoms with van der Waals surface area (Å²) in [5.74, 6) is -1.02. The van der Waals surface area contributed by atoms with Crippen molar-refractivity contribution < 1.29 is 13.6 Å². The Hall–Kier alpha value is -1.49. The van der Waals surface area contributed by atoms with Gasteiger partial charge in [0.2, 0.25) is 0 Å². The molecule has 2 rings (SSSR count). The number of carbonyl (C=O) groups excluding carboxylic acids is 1. The van der Waals surface area contributed by atoms with Gasteiger partial charge in [-0.3, -0.25) is 4.79 Å². The van der Waals surface area contributed by atoms with E-state index in [1.54, 1.807) is 6.07 Å². The molecule has 1 saturated heterocycles. The summed E-state index contributed by atoms with van der Waals surface area (Å²) in [7, 11) is 0. The number of nitrogens with one attached hydrogen (secondary N) is 1. The van der Waals surface area contributed by atoms with E-state index < -0.39 is 23.9 Å². The van der Waals surface area contributed by atoms with Crippen LogP contribution in [0.4, 0.5) is 8.78 Å². The van der Waals surface area contributed by atoms with Crippen LogP contribution in [0.1, 0.15) is 31.1 Å². The number of halogens is 2. The quantitative estimate of drug-likeness (QED) is 0.903. The normalized spacial score (nSPS) is 23.1. The Morgan fingerprint density at radius 3 is 2.55 bits per heavy atom. The molecule has 3 nitrogen and oxygen atoms in total. The number of likely N-dealkylation sites (tertiary alicyclic amines) is 1. The molecule has 5 heteroatoms. The third-order valence-corrected chi connectivity index (χ3v) is 3.26. The summed E-state index contributed by atoms with van der Waals surface area (Å²) in [5, 5.41) is 3.16. The van der Waals surface area contributed by atoms with Crippen LogP contribution in [-0.2, 0) is 0 Å². The zero-order valence-electron chi connectivity index (χ0n) is 12.0. The van der Waals surface area contributed by atoms with Crippen LogP contribution >= 0.6 is 0 Å². The topological polar surface area (TPSA) is 32.3 Å². The molecule has 0 aliphatic carbocycles. The first-order valence-electron chi connectivity index (χ1n) is 6.73. The van der Waals surface area contributed by atoms with Gasteiger partial charge in [0.15, 0.2) is 0 Å². The smallest absolute Gasteiger partial charge is 0.256 e. The number of hydrogen-bond acceptors (Lipinski definition) is 2. The molecule has 1 N–H and O–H groups in total. The Kier molecular flexibility index (Phi) is 4.09. The largest absolute Gasteiger partial charge is 0.334 e. The standard InChI is InChI=1S/C15H20F2N2O/c1-15(2,3)18-13-9-19(8-12(13)17)14(20)10-6-4-5-7-11(10)16/h4-7,12-13,18H,8-9H2,1-3H3/t12-,13+/m0/s1. The third kappa shape index (κ3) is 3.33. The number of hydrogen-bond donors (Lipinski definition) is 1. The van der Waals surface area contributed by atoms with Crippen LogP contribution in [0.25, 0.3) is 0 Å². The molecular weight excluding hydrogens is 262 g/mol. The molecule has 2 atom stereocenters.